The molecule has 0 atom stereocenters. The van der Waals surface area contributed by atoms with Gasteiger partial charge in [0, 0.05) is 26.2 Å². The Balaban J connectivity index is 1.50. The largest absolute Gasteiger partial charge is 0.492 e. The van der Waals surface area contributed by atoms with Gasteiger partial charge < -0.3 is 15.0 Å². The van der Waals surface area contributed by atoms with Gasteiger partial charge in [0.15, 0.2) is 5.78 Å². The molecule has 2 heterocycles. The van der Waals surface area contributed by atoms with Crippen LogP contribution in [0.2, 0.25) is 0 Å². The summed E-state index contributed by atoms with van der Waals surface area (Å²) in [5.74, 6) is 0.812. The quantitative estimate of drug-likeness (QED) is 0.790. The standard InChI is InChI=1S/C19H23N3O3S/c1-2-25-17-7-4-3-6-15(17)20-19(24)22-11-9-21(10-12-22)14-16(23)18-8-5-13-26-18/h3-8,13H,2,9-12,14H2,1H3,(H,20,24). The summed E-state index contributed by atoms with van der Waals surface area (Å²) in [6, 6.07) is 11.0. The molecule has 2 amide bonds. The molecule has 1 aromatic carbocycles. The number of ether oxygens (including phenoxy) is 1. The lowest BCUT2D eigenvalue weighted by Crippen LogP contribution is -2.51. The van der Waals surface area contributed by atoms with Crippen molar-refractivity contribution < 1.29 is 14.3 Å². The first-order chi connectivity index (χ1) is 12.7. The maximum absolute atomic E-state index is 12.5. The SMILES string of the molecule is CCOc1ccccc1NC(=O)N1CCN(CC(=O)c2cccs2)CC1. The number of para-hydroxylation sites is 2. The van der Waals surface area contributed by atoms with Crippen molar-refractivity contribution in [3.8, 4) is 5.75 Å². The van der Waals surface area contributed by atoms with E-state index in [2.05, 4.69) is 10.2 Å². The third kappa shape index (κ3) is 4.62. The van der Waals surface area contributed by atoms with E-state index in [0.717, 1.165) is 4.88 Å². The van der Waals surface area contributed by atoms with E-state index in [0.29, 0.717) is 50.8 Å². The molecule has 1 N–H and O–H groups in total. The maximum atomic E-state index is 12.5. The average Bonchev–Trinajstić information content (AvgIpc) is 3.19. The zero-order valence-electron chi connectivity index (χ0n) is 14.8. The minimum Gasteiger partial charge on any atom is -0.492 e. The van der Waals surface area contributed by atoms with Crippen molar-refractivity contribution in [1.82, 2.24) is 9.80 Å². The highest BCUT2D eigenvalue weighted by molar-refractivity contribution is 7.12. The van der Waals surface area contributed by atoms with E-state index >= 15 is 0 Å². The van der Waals surface area contributed by atoms with Gasteiger partial charge in [-0.05, 0) is 30.5 Å². The number of nitrogens with one attached hydrogen (secondary N) is 1. The van der Waals surface area contributed by atoms with Gasteiger partial charge >= 0.3 is 6.03 Å². The molecule has 0 radical (unpaired) electrons. The molecular formula is C19H23N3O3S. The number of hydrogen-bond acceptors (Lipinski definition) is 5. The Labute approximate surface area is 157 Å². The summed E-state index contributed by atoms with van der Waals surface area (Å²) >= 11 is 1.47. The van der Waals surface area contributed by atoms with Crippen molar-refractivity contribution in [3.63, 3.8) is 0 Å². The van der Waals surface area contributed by atoms with Crippen molar-refractivity contribution in [3.05, 3.63) is 46.7 Å². The van der Waals surface area contributed by atoms with Crippen LogP contribution in [0, 0.1) is 0 Å². The second kappa shape index (κ2) is 8.82. The fourth-order valence-electron chi connectivity index (χ4n) is 2.87. The third-order valence-electron chi connectivity index (χ3n) is 4.25. The van der Waals surface area contributed by atoms with Gasteiger partial charge in [-0.25, -0.2) is 4.79 Å². The van der Waals surface area contributed by atoms with Crippen LogP contribution in [0.5, 0.6) is 5.75 Å². The number of rotatable bonds is 6. The summed E-state index contributed by atoms with van der Waals surface area (Å²) < 4.78 is 5.54. The zero-order valence-corrected chi connectivity index (χ0v) is 15.6. The normalized spacial score (nSPS) is 14.9. The molecule has 26 heavy (non-hydrogen) atoms. The first kappa shape index (κ1) is 18.4. The topological polar surface area (TPSA) is 61.9 Å². The van der Waals surface area contributed by atoms with Crippen LogP contribution in [0.15, 0.2) is 41.8 Å². The lowest BCUT2D eigenvalue weighted by atomic mass is 10.2. The van der Waals surface area contributed by atoms with Crippen LogP contribution in [0.25, 0.3) is 0 Å². The average molecular weight is 373 g/mol. The van der Waals surface area contributed by atoms with E-state index in [1.165, 1.54) is 11.3 Å². The van der Waals surface area contributed by atoms with Crippen LogP contribution in [0.1, 0.15) is 16.6 Å². The van der Waals surface area contributed by atoms with E-state index in [-0.39, 0.29) is 11.8 Å². The first-order valence-corrected chi connectivity index (χ1v) is 9.62. The molecular weight excluding hydrogens is 350 g/mol. The molecule has 7 heteroatoms. The number of ketones is 1. The number of amides is 2. The Hall–Kier alpha value is -2.38. The Bertz CT molecular complexity index is 740. The summed E-state index contributed by atoms with van der Waals surface area (Å²) in [6.45, 7) is 5.44. The predicted molar refractivity (Wildman–Crippen MR) is 103 cm³/mol. The summed E-state index contributed by atoms with van der Waals surface area (Å²) in [7, 11) is 0. The number of anilines is 1. The van der Waals surface area contributed by atoms with Gasteiger partial charge in [0.1, 0.15) is 5.75 Å². The number of Topliss-reactive ketones (excluding diaryl/α,β-unsaturated/α-hetero) is 1. The van der Waals surface area contributed by atoms with E-state index in [4.69, 9.17) is 4.74 Å². The highest BCUT2D eigenvalue weighted by atomic mass is 32.1. The molecule has 3 rings (SSSR count). The van der Waals surface area contributed by atoms with Gasteiger partial charge in [-0.1, -0.05) is 18.2 Å². The molecule has 6 nitrogen and oxygen atoms in total. The van der Waals surface area contributed by atoms with E-state index < -0.39 is 0 Å². The van der Waals surface area contributed by atoms with Crippen LogP contribution in [0.4, 0.5) is 10.5 Å². The number of carbonyl (C=O) groups excluding carboxylic acids is 2. The Kier molecular flexibility index (Phi) is 6.25. The zero-order chi connectivity index (χ0) is 18.4. The molecule has 1 aromatic heterocycles. The van der Waals surface area contributed by atoms with Crippen molar-refractivity contribution in [2.45, 2.75) is 6.92 Å². The number of benzene rings is 1. The van der Waals surface area contributed by atoms with Crippen molar-refractivity contribution in [2.24, 2.45) is 0 Å². The number of piperazine rings is 1. The van der Waals surface area contributed by atoms with Gasteiger partial charge in [-0.3, -0.25) is 9.69 Å². The molecule has 0 spiro atoms. The van der Waals surface area contributed by atoms with Crippen LogP contribution in [-0.2, 0) is 0 Å². The molecule has 1 fully saturated rings. The molecule has 0 saturated carbocycles. The minimum atomic E-state index is -0.138. The van der Waals surface area contributed by atoms with Crippen LogP contribution in [-0.4, -0.2) is 60.9 Å². The lowest BCUT2D eigenvalue weighted by molar-refractivity contribution is 0.0887. The van der Waals surface area contributed by atoms with Gasteiger partial charge in [0.05, 0.1) is 23.7 Å². The molecule has 1 aliphatic heterocycles. The number of urea groups is 1. The fraction of sp³-hybridized carbons (Fsp3) is 0.368. The summed E-state index contributed by atoms with van der Waals surface area (Å²) in [4.78, 5) is 29.4. The summed E-state index contributed by atoms with van der Waals surface area (Å²) in [5, 5.41) is 4.83. The molecule has 0 unspecified atom stereocenters. The highest BCUT2D eigenvalue weighted by Crippen LogP contribution is 2.24. The Morgan fingerprint density at radius 1 is 1.12 bits per heavy atom. The highest BCUT2D eigenvalue weighted by Gasteiger charge is 2.23. The van der Waals surface area contributed by atoms with Gasteiger partial charge in [-0.2, -0.15) is 0 Å². The Morgan fingerprint density at radius 2 is 1.88 bits per heavy atom. The predicted octanol–water partition coefficient (Wildman–Crippen LogP) is 3.18. The van der Waals surface area contributed by atoms with E-state index in [1.54, 1.807) is 4.90 Å². The lowest BCUT2D eigenvalue weighted by Gasteiger charge is -2.34. The smallest absolute Gasteiger partial charge is 0.322 e. The number of nitrogens with zero attached hydrogens (tertiary/aromatic N) is 2. The molecule has 0 aliphatic carbocycles. The number of carbonyl (C=O) groups is 2. The molecule has 1 aliphatic rings. The van der Waals surface area contributed by atoms with Gasteiger partial charge in [-0.15, -0.1) is 11.3 Å². The minimum absolute atomic E-state index is 0.138. The number of thiophene rings is 1. The summed E-state index contributed by atoms with van der Waals surface area (Å²) in [6.07, 6.45) is 0. The van der Waals surface area contributed by atoms with E-state index in [1.807, 2.05) is 48.7 Å². The second-order valence-corrected chi connectivity index (χ2v) is 6.97. The monoisotopic (exact) mass is 373 g/mol. The number of hydrogen-bond donors (Lipinski definition) is 1. The van der Waals surface area contributed by atoms with Crippen molar-refractivity contribution in [1.29, 1.82) is 0 Å². The molecule has 138 valence electrons. The third-order valence-corrected chi connectivity index (χ3v) is 5.16. The van der Waals surface area contributed by atoms with Gasteiger partial charge in [0.25, 0.3) is 0 Å². The van der Waals surface area contributed by atoms with Crippen LogP contribution >= 0.6 is 11.3 Å². The molecule has 2 aromatic rings. The molecule has 1 saturated heterocycles. The molecule has 0 bridgehead atoms. The maximum Gasteiger partial charge on any atom is 0.322 e. The summed E-state index contributed by atoms with van der Waals surface area (Å²) in [5.41, 5.74) is 0.676. The van der Waals surface area contributed by atoms with Crippen molar-refractivity contribution >= 4 is 28.8 Å². The van der Waals surface area contributed by atoms with Crippen LogP contribution in [0.3, 0.4) is 0 Å². The van der Waals surface area contributed by atoms with Crippen molar-refractivity contribution in [2.75, 3.05) is 44.6 Å². The Morgan fingerprint density at radius 3 is 2.58 bits per heavy atom. The van der Waals surface area contributed by atoms with Crippen LogP contribution < -0.4 is 10.1 Å². The second-order valence-electron chi connectivity index (χ2n) is 6.02. The first-order valence-electron chi connectivity index (χ1n) is 8.74. The fourth-order valence-corrected chi connectivity index (χ4v) is 3.53. The van der Waals surface area contributed by atoms with E-state index in [9.17, 15) is 9.59 Å². The van der Waals surface area contributed by atoms with Gasteiger partial charge in [0.2, 0.25) is 0 Å².